The van der Waals surface area contributed by atoms with Crippen LogP contribution in [0.15, 0.2) is 54.7 Å². The second-order valence-electron chi connectivity index (χ2n) is 5.75. The molecule has 0 unspecified atom stereocenters. The van der Waals surface area contributed by atoms with Crippen LogP contribution >= 0.6 is 0 Å². The van der Waals surface area contributed by atoms with Gasteiger partial charge in [-0.15, -0.1) is 0 Å². The first-order chi connectivity index (χ1) is 11.0. The van der Waals surface area contributed by atoms with Crippen molar-refractivity contribution in [1.82, 2.24) is 9.78 Å². The quantitative estimate of drug-likeness (QED) is 0.795. The van der Waals surface area contributed by atoms with Crippen LogP contribution in [0, 0.1) is 13.8 Å². The number of hydrogen-bond acceptors (Lipinski definition) is 2. The fourth-order valence-corrected chi connectivity index (χ4v) is 2.49. The highest BCUT2D eigenvalue weighted by Gasteiger charge is 2.17. The van der Waals surface area contributed by atoms with Crippen molar-refractivity contribution < 1.29 is 9.90 Å². The summed E-state index contributed by atoms with van der Waals surface area (Å²) < 4.78 is 1.68. The van der Waals surface area contributed by atoms with E-state index in [-0.39, 0.29) is 5.69 Å². The van der Waals surface area contributed by atoms with Crippen molar-refractivity contribution in [1.29, 1.82) is 0 Å². The monoisotopic (exact) mass is 306 g/mol. The molecule has 1 N–H and O–H groups in total. The third-order valence-corrected chi connectivity index (χ3v) is 3.79. The first-order valence-electron chi connectivity index (χ1n) is 7.46. The summed E-state index contributed by atoms with van der Waals surface area (Å²) >= 11 is 0. The number of hydrogen-bond donors (Lipinski definition) is 1. The first kappa shape index (κ1) is 15.0. The van der Waals surface area contributed by atoms with Crippen LogP contribution in [0.5, 0.6) is 0 Å². The van der Waals surface area contributed by atoms with Gasteiger partial charge in [0.25, 0.3) is 0 Å². The van der Waals surface area contributed by atoms with Crippen molar-refractivity contribution in [2.75, 3.05) is 0 Å². The highest BCUT2D eigenvalue weighted by atomic mass is 16.4. The number of aryl methyl sites for hydroxylation is 2. The molecule has 3 aromatic rings. The Kier molecular flexibility index (Phi) is 3.98. The van der Waals surface area contributed by atoms with Crippen molar-refractivity contribution in [2.45, 2.75) is 20.4 Å². The zero-order chi connectivity index (χ0) is 16.4. The van der Waals surface area contributed by atoms with Crippen LogP contribution in [0.1, 0.15) is 27.2 Å². The van der Waals surface area contributed by atoms with E-state index in [4.69, 9.17) is 0 Å². The number of benzene rings is 2. The van der Waals surface area contributed by atoms with Gasteiger partial charge in [-0.2, -0.15) is 5.10 Å². The van der Waals surface area contributed by atoms with Crippen LogP contribution in [0.2, 0.25) is 0 Å². The molecule has 0 bridgehead atoms. The number of aromatic carboxylic acids is 1. The number of aromatic nitrogens is 2. The Morgan fingerprint density at radius 3 is 2.13 bits per heavy atom. The second kappa shape index (κ2) is 6.08. The average Bonchev–Trinajstić information content (AvgIpc) is 2.94. The summed E-state index contributed by atoms with van der Waals surface area (Å²) in [5, 5.41) is 13.7. The summed E-state index contributed by atoms with van der Waals surface area (Å²) in [6, 6.07) is 15.9. The van der Waals surface area contributed by atoms with E-state index in [0.717, 1.165) is 16.7 Å². The van der Waals surface area contributed by atoms with Gasteiger partial charge in [-0.1, -0.05) is 59.7 Å². The van der Waals surface area contributed by atoms with Gasteiger partial charge in [0.1, 0.15) is 0 Å². The Morgan fingerprint density at radius 2 is 1.57 bits per heavy atom. The molecule has 0 aliphatic carbocycles. The first-order valence-corrected chi connectivity index (χ1v) is 7.46. The molecule has 0 radical (unpaired) electrons. The third-order valence-electron chi connectivity index (χ3n) is 3.79. The minimum Gasteiger partial charge on any atom is -0.476 e. The SMILES string of the molecule is Cc1ccc(Cn2cc(-c3ccc(C)cc3)c(C(=O)O)n2)cc1. The van der Waals surface area contributed by atoms with Crippen LogP contribution < -0.4 is 0 Å². The summed E-state index contributed by atoms with van der Waals surface area (Å²) in [5.41, 5.74) is 5.01. The lowest BCUT2D eigenvalue weighted by Crippen LogP contribution is -2.04. The molecule has 23 heavy (non-hydrogen) atoms. The molecule has 0 amide bonds. The van der Waals surface area contributed by atoms with Crippen molar-refractivity contribution in [3.63, 3.8) is 0 Å². The summed E-state index contributed by atoms with van der Waals surface area (Å²) in [5.74, 6) is -1.01. The molecule has 4 heteroatoms. The van der Waals surface area contributed by atoms with Gasteiger partial charge in [0.2, 0.25) is 0 Å². The van der Waals surface area contributed by atoms with Crippen LogP contribution in [0.3, 0.4) is 0 Å². The number of nitrogens with zero attached hydrogens (tertiary/aromatic N) is 2. The Labute approximate surface area is 135 Å². The lowest BCUT2D eigenvalue weighted by atomic mass is 10.1. The molecule has 3 rings (SSSR count). The van der Waals surface area contributed by atoms with Gasteiger partial charge >= 0.3 is 5.97 Å². The molecule has 0 aliphatic heterocycles. The average molecular weight is 306 g/mol. The molecule has 0 fully saturated rings. The van der Waals surface area contributed by atoms with Gasteiger partial charge in [-0.3, -0.25) is 4.68 Å². The minimum atomic E-state index is -1.01. The van der Waals surface area contributed by atoms with Crippen molar-refractivity contribution in [2.24, 2.45) is 0 Å². The van der Waals surface area contributed by atoms with Gasteiger partial charge in [0, 0.05) is 11.8 Å². The van der Waals surface area contributed by atoms with Crippen LogP contribution in [0.4, 0.5) is 0 Å². The smallest absolute Gasteiger partial charge is 0.357 e. The van der Waals surface area contributed by atoms with Gasteiger partial charge < -0.3 is 5.11 Å². The summed E-state index contributed by atoms with van der Waals surface area (Å²) in [4.78, 5) is 11.5. The standard InChI is InChI=1S/C19H18N2O2/c1-13-3-7-15(8-4-13)11-21-12-17(18(20-21)19(22)23)16-9-5-14(2)6-10-16/h3-10,12H,11H2,1-2H3,(H,22,23). The fourth-order valence-electron chi connectivity index (χ4n) is 2.49. The van der Waals surface area contributed by atoms with Crippen molar-refractivity contribution >= 4 is 5.97 Å². The zero-order valence-electron chi connectivity index (χ0n) is 13.2. The Morgan fingerprint density at radius 1 is 1.00 bits per heavy atom. The van der Waals surface area contributed by atoms with Gasteiger partial charge in [0.15, 0.2) is 5.69 Å². The summed E-state index contributed by atoms with van der Waals surface area (Å²) in [7, 11) is 0. The van der Waals surface area contributed by atoms with E-state index >= 15 is 0 Å². The number of rotatable bonds is 4. The van der Waals surface area contributed by atoms with Crippen LogP contribution in [-0.4, -0.2) is 20.9 Å². The summed E-state index contributed by atoms with van der Waals surface area (Å²) in [6.07, 6.45) is 1.80. The third kappa shape index (κ3) is 3.31. The van der Waals surface area contributed by atoms with E-state index in [0.29, 0.717) is 12.1 Å². The molecule has 0 aliphatic rings. The normalized spacial score (nSPS) is 10.7. The largest absolute Gasteiger partial charge is 0.476 e. The maximum atomic E-state index is 11.5. The van der Waals surface area contributed by atoms with Gasteiger partial charge in [0.05, 0.1) is 6.54 Å². The molecule has 0 spiro atoms. The number of carboxylic acid groups (broad SMARTS) is 1. The molecular formula is C19H18N2O2. The van der Waals surface area contributed by atoms with Gasteiger partial charge in [-0.25, -0.2) is 4.79 Å². The van der Waals surface area contributed by atoms with Crippen molar-refractivity contribution in [3.8, 4) is 11.1 Å². The van der Waals surface area contributed by atoms with E-state index < -0.39 is 5.97 Å². The van der Waals surface area contributed by atoms with Gasteiger partial charge in [-0.05, 0) is 25.0 Å². The van der Waals surface area contributed by atoms with Crippen molar-refractivity contribution in [3.05, 3.63) is 77.1 Å². The molecule has 116 valence electrons. The Balaban J connectivity index is 1.96. The number of carboxylic acids is 1. The second-order valence-corrected chi connectivity index (χ2v) is 5.75. The minimum absolute atomic E-state index is 0.0842. The summed E-state index contributed by atoms with van der Waals surface area (Å²) in [6.45, 7) is 4.59. The van der Waals surface area contributed by atoms with E-state index in [1.165, 1.54) is 5.56 Å². The van der Waals surface area contributed by atoms with E-state index in [9.17, 15) is 9.90 Å². The molecule has 1 heterocycles. The predicted molar refractivity (Wildman–Crippen MR) is 89.6 cm³/mol. The van der Waals surface area contributed by atoms with E-state index in [1.807, 2.05) is 62.4 Å². The fraction of sp³-hybridized carbons (Fsp3) is 0.158. The maximum absolute atomic E-state index is 11.5. The molecule has 4 nitrogen and oxygen atoms in total. The highest BCUT2D eigenvalue weighted by molar-refractivity contribution is 5.93. The Hall–Kier alpha value is -2.88. The van der Waals surface area contributed by atoms with Crippen LogP contribution in [0.25, 0.3) is 11.1 Å². The van der Waals surface area contributed by atoms with E-state index in [1.54, 1.807) is 10.9 Å². The van der Waals surface area contributed by atoms with E-state index in [2.05, 4.69) is 5.10 Å². The highest BCUT2D eigenvalue weighted by Crippen LogP contribution is 2.24. The molecule has 0 atom stereocenters. The topological polar surface area (TPSA) is 55.1 Å². The predicted octanol–water partition coefficient (Wildman–Crippen LogP) is 3.91. The number of carbonyl (C=O) groups is 1. The molecule has 0 saturated heterocycles. The molecule has 2 aromatic carbocycles. The molecular weight excluding hydrogens is 288 g/mol. The molecule has 1 aromatic heterocycles. The maximum Gasteiger partial charge on any atom is 0.357 e. The molecule has 0 saturated carbocycles. The Bertz CT molecular complexity index is 831. The van der Waals surface area contributed by atoms with Crippen LogP contribution in [-0.2, 0) is 6.54 Å². The lowest BCUT2D eigenvalue weighted by molar-refractivity contribution is 0.0690. The zero-order valence-corrected chi connectivity index (χ0v) is 13.2. The lowest BCUT2D eigenvalue weighted by Gasteiger charge is -2.02.